The van der Waals surface area contributed by atoms with Crippen molar-refractivity contribution in [3.8, 4) is 0 Å². The third-order valence-electron chi connectivity index (χ3n) is 1.21. The molecule has 2 nitrogen and oxygen atoms in total. The van der Waals surface area contributed by atoms with Gasteiger partial charge in [-0.05, 0) is 13.8 Å². The van der Waals surface area contributed by atoms with Crippen molar-refractivity contribution >= 4 is 40.8 Å². The second-order valence-corrected chi connectivity index (χ2v) is 4.91. The molecular formula is C7H9Cl3O2. The van der Waals surface area contributed by atoms with Gasteiger partial charge in [0.2, 0.25) is 3.79 Å². The monoisotopic (exact) mass is 230 g/mol. The second kappa shape index (κ2) is 3.86. The maximum Gasteiger partial charge on any atom is 0.330 e. The van der Waals surface area contributed by atoms with Gasteiger partial charge in [0.1, 0.15) is 0 Å². The summed E-state index contributed by atoms with van der Waals surface area (Å²) >= 11 is 16.6. The first-order valence-corrected chi connectivity index (χ1v) is 4.26. The summed E-state index contributed by atoms with van der Waals surface area (Å²) in [6.45, 7) is 6.23. The highest BCUT2D eigenvalue weighted by atomic mass is 35.6. The zero-order valence-electron chi connectivity index (χ0n) is 6.73. The summed E-state index contributed by atoms with van der Waals surface area (Å²) in [5, 5.41) is 0. The van der Waals surface area contributed by atoms with E-state index in [0.29, 0.717) is 0 Å². The van der Waals surface area contributed by atoms with Crippen LogP contribution in [-0.4, -0.2) is 15.4 Å². The maximum atomic E-state index is 10.8. The van der Waals surface area contributed by atoms with Gasteiger partial charge in [-0.25, -0.2) is 4.79 Å². The Hall–Kier alpha value is 0.0800. The number of alkyl halides is 3. The van der Waals surface area contributed by atoms with E-state index in [1.54, 1.807) is 0 Å². The number of carbonyl (C=O) groups excluding carboxylic acids is 1. The Morgan fingerprint density at radius 1 is 1.42 bits per heavy atom. The zero-order valence-corrected chi connectivity index (χ0v) is 9.00. The van der Waals surface area contributed by atoms with E-state index in [0.717, 1.165) is 6.08 Å². The molecule has 0 aromatic carbocycles. The van der Waals surface area contributed by atoms with Gasteiger partial charge in [0.25, 0.3) is 0 Å². The molecule has 70 valence electrons. The van der Waals surface area contributed by atoms with Crippen molar-refractivity contribution in [2.24, 2.45) is 0 Å². The lowest BCUT2D eigenvalue weighted by Gasteiger charge is -2.31. The van der Waals surface area contributed by atoms with E-state index < -0.39 is 15.4 Å². The topological polar surface area (TPSA) is 26.3 Å². The SMILES string of the molecule is C=CC(=O)OC(C)(C)C(Cl)(Cl)Cl. The Morgan fingerprint density at radius 2 is 1.83 bits per heavy atom. The Labute approximate surface area is 86.4 Å². The Balaban J connectivity index is 4.43. The van der Waals surface area contributed by atoms with Crippen LogP contribution >= 0.6 is 34.8 Å². The van der Waals surface area contributed by atoms with Crippen LogP contribution in [0.3, 0.4) is 0 Å². The van der Waals surface area contributed by atoms with Crippen LogP contribution in [0, 0.1) is 0 Å². The van der Waals surface area contributed by atoms with Crippen molar-refractivity contribution in [3.63, 3.8) is 0 Å². The summed E-state index contributed by atoms with van der Waals surface area (Å²) in [5.41, 5.74) is -1.16. The Morgan fingerprint density at radius 3 is 2.08 bits per heavy atom. The Kier molecular flexibility index (Phi) is 3.88. The molecule has 0 radical (unpaired) electrons. The van der Waals surface area contributed by atoms with E-state index in [2.05, 4.69) is 6.58 Å². The number of halogens is 3. The number of carbonyl (C=O) groups is 1. The van der Waals surface area contributed by atoms with Crippen LogP contribution in [0.1, 0.15) is 13.8 Å². The molecule has 0 unspecified atom stereocenters. The standard InChI is InChI=1S/C7H9Cl3O2/c1-4-5(11)12-6(2,3)7(8,9)10/h4H,1H2,2-3H3. The van der Waals surface area contributed by atoms with Crippen molar-refractivity contribution in [2.75, 3.05) is 0 Å². The van der Waals surface area contributed by atoms with Crippen molar-refractivity contribution in [3.05, 3.63) is 12.7 Å². The number of rotatable bonds is 2. The molecule has 0 atom stereocenters. The fraction of sp³-hybridized carbons (Fsp3) is 0.571. The van der Waals surface area contributed by atoms with Crippen LogP contribution in [-0.2, 0) is 9.53 Å². The highest BCUT2D eigenvalue weighted by molar-refractivity contribution is 6.68. The van der Waals surface area contributed by atoms with Gasteiger partial charge in [0.05, 0.1) is 0 Å². The summed E-state index contributed by atoms with van der Waals surface area (Å²) in [4.78, 5) is 10.8. The fourth-order valence-electron chi connectivity index (χ4n) is 0.351. The van der Waals surface area contributed by atoms with Gasteiger partial charge in [-0.2, -0.15) is 0 Å². The first-order chi connectivity index (χ1) is 5.20. The molecule has 0 fully saturated rings. The maximum absolute atomic E-state index is 10.8. The highest BCUT2D eigenvalue weighted by Crippen LogP contribution is 2.40. The molecule has 0 saturated carbocycles. The van der Waals surface area contributed by atoms with E-state index >= 15 is 0 Å². The van der Waals surface area contributed by atoms with Gasteiger partial charge < -0.3 is 4.74 Å². The van der Waals surface area contributed by atoms with Crippen LogP contribution < -0.4 is 0 Å². The predicted molar refractivity (Wildman–Crippen MR) is 50.7 cm³/mol. The van der Waals surface area contributed by atoms with Crippen LogP contribution in [0.15, 0.2) is 12.7 Å². The lowest BCUT2D eigenvalue weighted by molar-refractivity contribution is -0.149. The quantitative estimate of drug-likeness (QED) is 0.415. The zero-order chi connectivity index (χ0) is 9.99. The molecule has 0 spiro atoms. The van der Waals surface area contributed by atoms with Gasteiger partial charge in [-0.1, -0.05) is 41.4 Å². The molecule has 0 heterocycles. The van der Waals surface area contributed by atoms with E-state index in [9.17, 15) is 4.79 Å². The summed E-state index contributed by atoms with van der Waals surface area (Å²) < 4.78 is 3.15. The van der Waals surface area contributed by atoms with Crippen molar-refractivity contribution in [1.29, 1.82) is 0 Å². The van der Waals surface area contributed by atoms with Gasteiger partial charge in [0.15, 0.2) is 5.60 Å². The van der Waals surface area contributed by atoms with Crippen LogP contribution in [0.4, 0.5) is 0 Å². The van der Waals surface area contributed by atoms with Gasteiger partial charge >= 0.3 is 5.97 Å². The molecule has 0 amide bonds. The van der Waals surface area contributed by atoms with E-state index in [1.165, 1.54) is 13.8 Å². The largest absolute Gasteiger partial charge is 0.452 e. The summed E-state index contributed by atoms with van der Waals surface area (Å²) in [5.74, 6) is -0.619. The summed E-state index contributed by atoms with van der Waals surface area (Å²) in [6, 6.07) is 0. The Bertz CT molecular complexity index is 193. The molecule has 0 N–H and O–H groups in total. The summed E-state index contributed by atoms with van der Waals surface area (Å²) in [7, 11) is 0. The minimum Gasteiger partial charge on any atom is -0.452 e. The normalized spacial score (nSPS) is 12.4. The van der Waals surface area contributed by atoms with Crippen molar-refractivity contribution in [1.82, 2.24) is 0 Å². The average Bonchev–Trinajstić information content (AvgIpc) is 1.84. The number of ether oxygens (including phenoxy) is 1. The number of hydrogen-bond donors (Lipinski definition) is 0. The summed E-state index contributed by atoms with van der Waals surface area (Å²) in [6.07, 6.45) is 1.01. The van der Waals surface area contributed by atoms with Crippen LogP contribution in [0.5, 0.6) is 0 Å². The van der Waals surface area contributed by atoms with Crippen molar-refractivity contribution < 1.29 is 9.53 Å². The number of hydrogen-bond acceptors (Lipinski definition) is 2. The third kappa shape index (κ3) is 3.21. The fourth-order valence-corrected chi connectivity index (χ4v) is 0.467. The minimum atomic E-state index is -1.65. The lowest BCUT2D eigenvalue weighted by atomic mass is 10.2. The molecule has 0 aliphatic rings. The minimum absolute atomic E-state index is 0.619. The second-order valence-electron chi connectivity index (χ2n) is 2.63. The van der Waals surface area contributed by atoms with Crippen molar-refractivity contribution in [2.45, 2.75) is 23.2 Å². The van der Waals surface area contributed by atoms with Gasteiger partial charge in [0, 0.05) is 6.08 Å². The van der Waals surface area contributed by atoms with Crippen LogP contribution in [0.25, 0.3) is 0 Å². The van der Waals surface area contributed by atoms with Gasteiger partial charge in [-0.3, -0.25) is 0 Å². The molecule has 0 bridgehead atoms. The average molecular weight is 232 g/mol. The molecule has 12 heavy (non-hydrogen) atoms. The first kappa shape index (κ1) is 12.1. The van der Waals surface area contributed by atoms with Gasteiger partial charge in [-0.15, -0.1) is 0 Å². The third-order valence-corrected chi connectivity index (χ3v) is 2.57. The molecule has 0 rings (SSSR count). The highest BCUT2D eigenvalue weighted by Gasteiger charge is 2.43. The molecule has 5 heteroatoms. The molecule has 0 aromatic rings. The first-order valence-electron chi connectivity index (χ1n) is 3.13. The molecular weight excluding hydrogens is 222 g/mol. The molecule has 0 saturated heterocycles. The van der Waals surface area contributed by atoms with E-state index in [-0.39, 0.29) is 0 Å². The predicted octanol–water partition coefficient (Wildman–Crippen LogP) is 2.86. The van der Waals surface area contributed by atoms with E-state index in [1.807, 2.05) is 0 Å². The number of esters is 1. The lowest BCUT2D eigenvalue weighted by Crippen LogP contribution is -2.40. The molecule has 0 aliphatic heterocycles. The van der Waals surface area contributed by atoms with E-state index in [4.69, 9.17) is 39.5 Å². The van der Waals surface area contributed by atoms with Crippen LogP contribution in [0.2, 0.25) is 0 Å². The molecule has 0 aromatic heterocycles. The smallest absolute Gasteiger partial charge is 0.330 e. The molecule has 0 aliphatic carbocycles.